The van der Waals surface area contributed by atoms with Gasteiger partial charge in [0.2, 0.25) is 0 Å². The number of rotatable bonds is 4. The number of hydrogen-bond donors (Lipinski definition) is 1. The highest BCUT2D eigenvalue weighted by Crippen LogP contribution is 2.23. The third-order valence-corrected chi connectivity index (χ3v) is 1.86. The smallest absolute Gasteiger partial charge is 0.269 e. The number of nitro benzene ring substituents is 1. The van der Waals surface area contributed by atoms with Gasteiger partial charge in [-0.25, -0.2) is 4.39 Å². The van der Waals surface area contributed by atoms with Crippen molar-refractivity contribution >= 4 is 5.69 Å². The molecule has 0 radical (unpaired) electrons. The van der Waals surface area contributed by atoms with E-state index in [0.717, 1.165) is 0 Å². The first-order chi connectivity index (χ1) is 6.65. The van der Waals surface area contributed by atoms with Crippen molar-refractivity contribution in [3.8, 4) is 0 Å². The molecule has 1 atom stereocenters. The van der Waals surface area contributed by atoms with Gasteiger partial charge in [-0.3, -0.25) is 10.1 Å². The van der Waals surface area contributed by atoms with Crippen LogP contribution in [0, 0.1) is 10.1 Å². The molecule has 1 unspecified atom stereocenters. The Labute approximate surface area is 80.7 Å². The maximum absolute atomic E-state index is 13.3. The van der Waals surface area contributed by atoms with E-state index < -0.39 is 11.1 Å². The van der Waals surface area contributed by atoms with E-state index in [1.807, 2.05) is 0 Å². The molecule has 0 saturated heterocycles. The monoisotopic (exact) mass is 198 g/mol. The topological polar surface area (TPSA) is 69.2 Å². The van der Waals surface area contributed by atoms with Gasteiger partial charge in [0.25, 0.3) is 5.69 Å². The molecular formula is C9H11FN2O2. The minimum atomic E-state index is -1.22. The number of non-ortho nitro benzene ring substituents is 1. The second-order valence-corrected chi connectivity index (χ2v) is 2.90. The van der Waals surface area contributed by atoms with Crippen molar-refractivity contribution in [2.45, 2.75) is 12.6 Å². The van der Waals surface area contributed by atoms with Crippen LogP contribution >= 0.6 is 0 Å². The van der Waals surface area contributed by atoms with Gasteiger partial charge in [-0.15, -0.1) is 0 Å². The van der Waals surface area contributed by atoms with Crippen LogP contribution in [0.5, 0.6) is 0 Å². The Kier molecular flexibility index (Phi) is 3.53. The Balaban J connectivity index is 2.87. The molecule has 1 aromatic rings. The molecule has 0 spiro atoms. The van der Waals surface area contributed by atoms with Crippen LogP contribution in [-0.2, 0) is 0 Å². The van der Waals surface area contributed by atoms with Crippen molar-refractivity contribution in [1.82, 2.24) is 0 Å². The summed E-state index contributed by atoms with van der Waals surface area (Å²) in [6.07, 6.45) is -1.04. The van der Waals surface area contributed by atoms with Gasteiger partial charge in [0, 0.05) is 12.1 Å². The van der Waals surface area contributed by atoms with Crippen molar-refractivity contribution in [3.05, 3.63) is 39.9 Å². The summed E-state index contributed by atoms with van der Waals surface area (Å²) in [6.45, 7) is 0.226. The summed E-state index contributed by atoms with van der Waals surface area (Å²) in [4.78, 5) is 9.85. The Hall–Kier alpha value is -1.49. The maximum Gasteiger partial charge on any atom is 0.269 e. The van der Waals surface area contributed by atoms with Gasteiger partial charge in [0.05, 0.1) is 4.92 Å². The van der Waals surface area contributed by atoms with Crippen LogP contribution in [0.2, 0.25) is 0 Å². The number of halogens is 1. The minimum Gasteiger partial charge on any atom is -0.330 e. The van der Waals surface area contributed by atoms with Crippen molar-refractivity contribution in [2.24, 2.45) is 5.73 Å². The SMILES string of the molecule is NCCC(F)c1cccc([N+](=O)[O-])c1. The molecule has 0 fully saturated rings. The quantitative estimate of drug-likeness (QED) is 0.593. The Bertz CT molecular complexity index is 330. The summed E-state index contributed by atoms with van der Waals surface area (Å²) in [7, 11) is 0. The first-order valence-corrected chi connectivity index (χ1v) is 4.23. The van der Waals surface area contributed by atoms with Gasteiger partial charge >= 0.3 is 0 Å². The number of nitrogens with two attached hydrogens (primary N) is 1. The number of hydrogen-bond acceptors (Lipinski definition) is 3. The van der Waals surface area contributed by atoms with Crippen molar-refractivity contribution in [2.75, 3.05) is 6.54 Å². The minimum absolute atomic E-state index is 0.0952. The predicted octanol–water partition coefficient (Wildman–Crippen LogP) is 1.95. The van der Waals surface area contributed by atoms with E-state index in [9.17, 15) is 14.5 Å². The Morgan fingerprint density at radius 3 is 2.86 bits per heavy atom. The lowest BCUT2D eigenvalue weighted by Gasteiger charge is -2.05. The van der Waals surface area contributed by atoms with Gasteiger partial charge in [-0.2, -0.15) is 0 Å². The van der Waals surface area contributed by atoms with Crippen LogP contribution in [0.3, 0.4) is 0 Å². The molecule has 0 saturated carbocycles. The van der Waals surface area contributed by atoms with E-state index in [1.165, 1.54) is 24.3 Å². The predicted molar refractivity (Wildman–Crippen MR) is 50.6 cm³/mol. The number of benzene rings is 1. The molecular weight excluding hydrogens is 187 g/mol. The van der Waals surface area contributed by atoms with Crippen LogP contribution in [0.15, 0.2) is 24.3 Å². The van der Waals surface area contributed by atoms with E-state index in [2.05, 4.69) is 0 Å². The highest BCUT2D eigenvalue weighted by Gasteiger charge is 2.12. The maximum atomic E-state index is 13.3. The molecule has 14 heavy (non-hydrogen) atoms. The van der Waals surface area contributed by atoms with Gasteiger partial charge in [0.15, 0.2) is 0 Å². The molecule has 0 aliphatic rings. The van der Waals surface area contributed by atoms with Crippen LogP contribution in [0.25, 0.3) is 0 Å². The van der Waals surface area contributed by atoms with Crippen LogP contribution in [0.1, 0.15) is 18.2 Å². The summed E-state index contributed by atoms with van der Waals surface area (Å²) < 4.78 is 13.3. The van der Waals surface area contributed by atoms with E-state index in [4.69, 9.17) is 5.73 Å². The zero-order chi connectivity index (χ0) is 10.6. The molecule has 0 aliphatic carbocycles. The van der Waals surface area contributed by atoms with Crippen molar-refractivity contribution < 1.29 is 9.31 Å². The first kappa shape index (κ1) is 10.6. The van der Waals surface area contributed by atoms with Gasteiger partial charge in [-0.05, 0) is 18.5 Å². The molecule has 0 heterocycles. The van der Waals surface area contributed by atoms with E-state index in [0.29, 0.717) is 5.56 Å². The lowest BCUT2D eigenvalue weighted by molar-refractivity contribution is -0.385. The highest BCUT2D eigenvalue weighted by atomic mass is 19.1. The fraction of sp³-hybridized carbons (Fsp3) is 0.333. The van der Waals surface area contributed by atoms with Crippen LogP contribution in [0.4, 0.5) is 10.1 Å². The molecule has 1 rings (SSSR count). The van der Waals surface area contributed by atoms with E-state index in [-0.39, 0.29) is 18.7 Å². The first-order valence-electron chi connectivity index (χ1n) is 4.23. The molecule has 0 aromatic heterocycles. The second-order valence-electron chi connectivity index (χ2n) is 2.90. The normalized spacial score (nSPS) is 12.4. The van der Waals surface area contributed by atoms with Gasteiger partial charge in [0.1, 0.15) is 6.17 Å². The van der Waals surface area contributed by atoms with E-state index >= 15 is 0 Å². The Morgan fingerprint density at radius 2 is 2.29 bits per heavy atom. The third-order valence-electron chi connectivity index (χ3n) is 1.86. The zero-order valence-corrected chi connectivity index (χ0v) is 7.52. The lowest BCUT2D eigenvalue weighted by atomic mass is 10.1. The highest BCUT2D eigenvalue weighted by molar-refractivity contribution is 5.35. The average molecular weight is 198 g/mol. The van der Waals surface area contributed by atoms with Gasteiger partial charge in [-0.1, -0.05) is 12.1 Å². The standard InChI is InChI=1S/C9H11FN2O2/c10-9(4-5-11)7-2-1-3-8(6-7)12(13)14/h1-3,6,9H,4-5,11H2. The van der Waals surface area contributed by atoms with Crippen LogP contribution in [-0.4, -0.2) is 11.5 Å². The number of nitrogens with zero attached hydrogens (tertiary/aromatic N) is 1. The number of nitro groups is 1. The zero-order valence-electron chi connectivity index (χ0n) is 7.52. The fourth-order valence-electron chi connectivity index (χ4n) is 1.15. The summed E-state index contributed by atoms with van der Waals surface area (Å²) in [5.74, 6) is 0. The largest absolute Gasteiger partial charge is 0.330 e. The summed E-state index contributed by atoms with van der Waals surface area (Å²) in [5, 5.41) is 10.4. The Morgan fingerprint density at radius 1 is 1.57 bits per heavy atom. The summed E-state index contributed by atoms with van der Waals surface area (Å²) in [6, 6.07) is 5.56. The summed E-state index contributed by atoms with van der Waals surface area (Å²) in [5.41, 5.74) is 5.41. The molecule has 0 amide bonds. The van der Waals surface area contributed by atoms with E-state index in [1.54, 1.807) is 0 Å². The lowest BCUT2D eigenvalue weighted by Crippen LogP contribution is -2.03. The molecule has 5 heteroatoms. The third kappa shape index (κ3) is 2.50. The molecule has 2 N–H and O–H groups in total. The molecule has 76 valence electrons. The van der Waals surface area contributed by atoms with Crippen LogP contribution < -0.4 is 5.73 Å². The molecule has 4 nitrogen and oxygen atoms in total. The van der Waals surface area contributed by atoms with Crippen molar-refractivity contribution in [1.29, 1.82) is 0 Å². The fourth-order valence-corrected chi connectivity index (χ4v) is 1.15. The molecule has 0 aliphatic heterocycles. The average Bonchev–Trinajstić information content (AvgIpc) is 2.18. The van der Waals surface area contributed by atoms with Crippen molar-refractivity contribution in [3.63, 3.8) is 0 Å². The molecule has 0 bridgehead atoms. The second kappa shape index (κ2) is 4.66. The number of alkyl halides is 1. The van der Waals surface area contributed by atoms with Gasteiger partial charge < -0.3 is 5.73 Å². The molecule has 1 aromatic carbocycles. The summed E-state index contributed by atoms with van der Waals surface area (Å²) >= 11 is 0.